The molecule has 0 aromatic carbocycles. The number of hydrogen-bond donors (Lipinski definition) is 1. The van der Waals surface area contributed by atoms with Gasteiger partial charge in [0.25, 0.3) is 0 Å². The van der Waals surface area contributed by atoms with Gasteiger partial charge in [0, 0.05) is 6.04 Å². The Bertz CT molecular complexity index is 35.2. The minimum Gasteiger partial charge on any atom is -0.317 e. The molecule has 0 unspecified atom stereocenters. The lowest BCUT2D eigenvalue weighted by molar-refractivity contribution is 0.557. The highest BCUT2D eigenvalue weighted by Crippen LogP contribution is 1.91. The van der Waals surface area contributed by atoms with Crippen molar-refractivity contribution in [2.24, 2.45) is 0 Å². The Kier molecular flexibility index (Phi) is 4.10. The zero-order valence-corrected chi connectivity index (χ0v) is 5.49. The molecule has 0 saturated heterocycles. The summed E-state index contributed by atoms with van der Waals surface area (Å²) >= 11 is 0. The molecule has 0 spiro atoms. The van der Waals surface area contributed by atoms with Crippen LogP contribution in [0.1, 0.15) is 26.7 Å². The van der Waals surface area contributed by atoms with E-state index in [1.54, 1.807) is 0 Å². The summed E-state index contributed by atoms with van der Waals surface area (Å²) in [5.74, 6) is 0. The maximum atomic E-state index is 3.17. The molecule has 0 aliphatic carbocycles. The van der Waals surface area contributed by atoms with Gasteiger partial charge in [0.1, 0.15) is 0 Å². The molecule has 0 aliphatic rings. The van der Waals surface area contributed by atoms with Crippen LogP contribution in [0, 0.1) is 0 Å². The van der Waals surface area contributed by atoms with Crippen LogP contribution in [-0.4, -0.2) is 13.1 Å². The second-order valence-corrected chi connectivity index (χ2v) is 1.98. The third-order valence-corrected chi connectivity index (χ3v) is 1.21. The quantitative estimate of drug-likeness (QED) is 0.566. The molecule has 1 nitrogen and oxygen atoms in total. The Morgan fingerprint density at radius 1 is 1.57 bits per heavy atom. The smallest absolute Gasteiger partial charge is 0.00356 e. The Labute approximate surface area is 46.1 Å². The van der Waals surface area contributed by atoms with Crippen molar-refractivity contribution >= 4 is 0 Å². The molecule has 0 aromatic heterocycles. The van der Waals surface area contributed by atoms with Crippen LogP contribution in [0.4, 0.5) is 0 Å². The van der Waals surface area contributed by atoms with Crippen LogP contribution in [0.3, 0.4) is 0 Å². The van der Waals surface area contributed by atoms with Crippen molar-refractivity contribution in [3.05, 3.63) is 0 Å². The van der Waals surface area contributed by atoms with Crippen LogP contribution in [0.15, 0.2) is 0 Å². The normalized spacial score (nSPS) is 14.1. The maximum Gasteiger partial charge on any atom is 0.00356 e. The van der Waals surface area contributed by atoms with E-state index in [0.29, 0.717) is 6.04 Å². The molecule has 0 amide bonds. The second-order valence-electron chi connectivity index (χ2n) is 1.98. The number of rotatable bonds is 3. The topological polar surface area (TPSA) is 12.0 Å². The molecule has 0 aliphatic heterocycles. The molecule has 1 heteroatoms. The Hall–Kier alpha value is -0.0400. The minimum atomic E-state index is 0.699. The Morgan fingerprint density at radius 2 is 2.14 bits per heavy atom. The third-order valence-electron chi connectivity index (χ3n) is 1.21. The van der Waals surface area contributed by atoms with Crippen LogP contribution in [0.5, 0.6) is 0 Å². The lowest BCUT2D eigenvalue weighted by Crippen LogP contribution is -2.20. The molecule has 1 N–H and O–H groups in total. The fourth-order valence-electron chi connectivity index (χ4n) is 0.577. The molecule has 7 heavy (non-hydrogen) atoms. The van der Waals surface area contributed by atoms with E-state index in [2.05, 4.69) is 19.2 Å². The summed E-state index contributed by atoms with van der Waals surface area (Å²) in [4.78, 5) is 0. The van der Waals surface area contributed by atoms with Gasteiger partial charge >= 0.3 is 0 Å². The van der Waals surface area contributed by atoms with E-state index in [4.69, 9.17) is 0 Å². The summed E-state index contributed by atoms with van der Waals surface area (Å²) < 4.78 is 0. The Balaban J connectivity index is 2.83. The number of hydrogen-bond acceptors (Lipinski definition) is 1. The first-order chi connectivity index (χ1) is 3.31. The molecule has 44 valence electrons. The Morgan fingerprint density at radius 3 is 2.29 bits per heavy atom. The summed E-state index contributed by atoms with van der Waals surface area (Å²) in [5.41, 5.74) is 0. The molecule has 0 rings (SSSR count). The van der Waals surface area contributed by atoms with Gasteiger partial charge in [-0.2, -0.15) is 0 Å². The summed E-state index contributed by atoms with van der Waals surface area (Å²) in [7, 11) is 2.00. The van der Waals surface area contributed by atoms with Gasteiger partial charge in [0.15, 0.2) is 0 Å². The van der Waals surface area contributed by atoms with Crippen LogP contribution < -0.4 is 5.32 Å². The predicted octanol–water partition coefficient (Wildman–Crippen LogP) is 1.39. The molecule has 0 aromatic rings. The number of nitrogens with one attached hydrogen (secondary N) is 1. The van der Waals surface area contributed by atoms with Crippen LogP contribution >= 0.6 is 0 Å². The van der Waals surface area contributed by atoms with Gasteiger partial charge in [-0.1, -0.05) is 13.3 Å². The van der Waals surface area contributed by atoms with Gasteiger partial charge in [-0.05, 0) is 20.4 Å². The first-order valence-electron chi connectivity index (χ1n) is 2.98. The summed E-state index contributed by atoms with van der Waals surface area (Å²) in [5, 5.41) is 3.17. The third kappa shape index (κ3) is 3.80. The van der Waals surface area contributed by atoms with Crippen LogP contribution in [0.2, 0.25) is 0 Å². The first kappa shape index (κ1) is 6.96. The largest absolute Gasteiger partial charge is 0.317 e. The summed E-state index contributed by atoms with van der Waals surface area (Å²) in [6, 6.07) is 0.699. The lowest BCUT2D eigenvalue weighted by atomic mass is 10.2. The van der Waals surface area contributed by atoms with Crippen LogP contribution in [-0.2, 0) is 0 Å². The summed E-state index contributed by atoms with van der Waals surface area (Å²) in [6.45, 7) is 4.40. The van der Waals surface area contributed by atoms with Gasteiger partial charge in [-0.25, -0.2) is 0 Å². The highest BCUT2D eigenvalue weighted by molar-refractivity contribution is 4.52. The van der Waals surface area contributed by atoms with Crippen molar-refractivity contribution in [2.75, 3.05) is 7.05 Å². The van der Waals surface area contributed by atoms with Crippen molar-refractivity contribution < 1.29 is 0 Å². The van der Waals surface area contributed by atoms with Crippen molar-refractivity contribution in [3.8, 4) is 0 Å². The molecule has 0 fully saturated rings. The zero-order valence-electron chi connectivity index (χ0n) is 5.49. The van der Waals surface area contributed by atoms with E-state index in [1.165, 1.54) is 12.8 Å². The SMILES string of the molecule is CCC[C@@H](C)NC. The van der Waals surface area contributed by atoms with Gasteiger partial charge < -0.3 is 5.32 Å². The van der Waals surface area contributed by atoms with E-state index in [9.17, 15) is 0 Å². The van der Waals surface area contributed by atoms with Crippen molar-refractivity contribution in [3.63, 3.8) is 0 Å². The molecule has 0 bridgehead atoms. The van der Waals surface area contributed by atoms with Gasteiger partial charge in [-0.3, -0.25) is 0 Å². The predicted molar refractivity (Wildman–Crippen MR) is 33.4 cm³/mol. The average Bonchev–Trinajstić information content (AvgIpc) is 1.68. The molecule has 0 radical (unpaired) electrons. The average molecular weight is 101 g/mol. The van der Waals surface area contributed by atoms with Gasteiger partial charge in [0.05, 0.1) is 0 Å². The fraction of sp³-hybridized carbons (Fsp3) is 1.00. The molecular formula is C6H15N. The van der Waals surface area contributed by atoms with E-state index >= 15 is 0 Å². The van der Waals surface area contributed by atoms with Crippen molar-refractivity contribution in [2.45, 2.75) is 32.7 Å². The van der Waals surface area contributed by atoms with E-state index in [-0.39, 0.29) is 0 Å². The highest BCUT2D eigenvalue weighted by Gasteiger charge is 1.91. The first-order valence-corrected chi connectivity index (χ1v) is 2.98. The van der Waals surface area contributed by atoms with E-state index < -0.39 is 0 Å². The van der Waals surface area contributed by atoms with Gasteiger partial charge in [0.2, 0.25) is 0 Å². The van der Waals surface area contributed by atoms with Crippen molar-refractivity contribution in [1.82, 2.24) is 5.32 Å². The molecule has 0 saturated carbocycles. The lowest BCUT2D eigenvalue weighted by Gasteiger charge is -2.05. The maximum absolute atomic E-state index is 3.17. The molecule has 1 atom stereocenters. The molecule has 0 heterocycles. The zero-order chi connectivity index (χ0) is 5.70. The molecular weight excluding hydrogens is 86.1 g/mol. The van der Waals surface area contributed by atoms with Crippen molar-refractivity contribution in [1.29, 1.82) is 0 Å². The van der Waals surface area contributed by atoms with Crippen LogP contribution in [0.25, 0.3) is 0 Å². The highest BCUT2D eigenvalue weighted by atomic mass is 14.8. The van der Waals surface area contributed by atoms with Gasteiger partial charge in [-0.15, -0.1) is 0 Å². The monoisotopic (exact) mass is 101 g/mol. The standard InChI is InChI=1S/C6H15N/c1-4-5-6(2)7-3/h6-7H,4-5H2,1-3H3/t6-/m1/s1. The minimum absolute atomic E-state index is 0.699. The second kappa shape index (κ2) is 4.13. The summed E-state index contributed by atoms with van der Waals surface area (Å²) in [6.07, 6.45) is 2.57. The fourth-order valence-corrected chi connectivity index (χ4v) is 0.577. The van der Waals surface area contributed by atoms with E-state index in [1.807, 2.05) is 7.05 Å². The van der Waals surface area contributed by atoms with E-state index in [0.717, 1.165) is 0 Å².